The molecule has 0 bridgehead atoms. The van der Waals surface area contributed by atoms with Gasteiger partial charge in [0.2, 0.25) is 0 Å². The second-order valence-electron chi connectivity index (χ2n) is 11.6. The SMILES string of the molecule is Cc1ccc(C(=O)Nc2cc3n(n2)CCCC3(F)F)cc1C#Cc1cncc(C2CCN(C(=O)OC(C)(C)C)C2)c1. The average molecular weight is 562 g/mol. The fraction of sp³-hybridized carbons (Fsp3) is 0.419. The van der Waals surface area contributed by atoms with E-state index in [0.717, 1.165) is 23.1 Å². The molecule has 1 N–H and O–H groups in total. The highest BCUT2D eigenvalue weighted by molar-refractivity contribution is 6.04. The van der Waals surface area contributed by atoms with Crippen LogP contribution >= 0.6 is 0 Å². The number of hydrogen-bond acceptors (Lipinski definition) is 5. The van der Waals surface area contributed by atoms with E-state index < -0.39 is 17.4 Å². The van der Waals surface area contributed by atoms with E-state index >= 15 is 0 Å². The van der Waals surface area contributed by atoms with E-state index in [1.165, 1.54) is 10.7 Å². The number of ether oxygens (including phenoxy) is 1. The number of aryl methyl sites for hydroxylation is 2. The molecular weight excluding hydrogens is 528 g/mol. The second-order valence-corrected chi connectivity index (χ2v) is 11.6. The number of hydrogen-bond donors (Lipinski definition) is 1. The van der Waals surface area contributed by atoms with Crippen LogP contribution in [0.3, 0.4) is 0 Å². The van der Waals surface area contributed by atoms with Crippen molar-refractivity contribution < 1.29 is 23.1 Å². The van der Waals surface area contributed by atoms with Gasteiger partial charge in [0, 0.05) is 67.1 Å². The van der Waals surface area contributed by atoms with Gasteiger partial charge in [-0.1, -0.05) is 17.9 Å². The highest BCUT2D eigenvalue weighted by Gasteiger charge is 2.38. The van der Waals surface area contributed by atoms with Crippen molar-refractivity contribution in [2.24, 2.45) is 0 Å². The number of alkyl halides is 2. The Morgan fingerprint density at radius 3 is 2.68 bits per heavy atom. The highest BCUT2D eigenvalue weighted by atomic mass is 19.3. The third-order valence-corrected chi connectivity index (χ3v) is 7.17. The van der Waals surface area contributed by atoms with Crippen LogP contribution in [0.25, 0.3) is 0 Å². The number of carbonyl (C=O) groups is 2. The zero-order valence-corrected chi connectivity index (χ0v) is 23.6. The molecule has 2 aliphatic heterocycles. The van der Waals surface area contributed by atoms with E-state index in [4.69, 9.17) is 4.74 Å². The molecule has 41 heavy (non-hydrogen) atoms. The molecule has 1 atom stereocenters. The van der Waals surface area contributed by atoms with E-state index in [2.05, 4.69) is 27.2 Å². The molecule has 0 saturated carbocycles. The molecule has 0 aliphatic carbocycles. The van der Waals surface area contributed by atoms with E-state index in [-0.39, 0.29) is 29.9 Å². The van der Waals surface area contributed by atoms with Gasteiger partial charge in [-0.25, -0.2) is 4.79 Å². The molecule has 4 heterocycles. The van der Waals surface area contributed by atoms with Gasteiger partial charge in [0.1, 0.15) is 11.3 Å². The fourth-order valence-electron chi connectivity index (χ4n) is 5.02. The minimum atomic E-state index is -2.96. The fourth-order valence-corrected chi connectivity index (χ4v) is 5.02. The number of benzene rings is 1. The minimum Gasteiger partial charge on any atom is -0.444 e. The monoisotopic (exact) mass is 561 g/mol. The number of anilines is 1. The molecule has 0 spiro atoms. The molecule has 0 radical (unpaired) electrons. The molecule has 3 aromatic rings. The van der Waals surface area contributed by atoms with Gasteiger partial charge >= 0.3 is 6.09 Å². The smallest absolute Gasteiger partial charge is 0.410 e. The normalized spacial score (nSPS) is 17.8. The summed E-state index contributed by atoms with van der Waals surface area (Å²) in [6, 6.07) is 8.35. The van der Waals surface area contributed by atoms with Gasteiger partial charge in [0.25, 0.3) is 11.8 Å². The van der Waals surface area contributed by atoms with Crippen molar-refractivity contribution in [1.29, 1.82) is 0 Å². The number of rotatable bonds is 3. The molecule has 5 rings (SSSR count). The Labute approximate surface area is 238 Å². The van der Waals surface area contributed by atoms with Gasteiger partial charge in [-0.05, 0) is 69.9 Å². The number of likely N-dealkylation sites (tertiary alicyclic amines) is 1. The third-order valence-electron chi connectivity index (χ3n) is 7.17. The minimum absolute atomic E-state index is 0.0971. The Balaban J connectivity index is 1.28. The van der Waals surface area contributed by atoms with Crippen molar-refractivity contribution in [2.45, 2.75) is 70.9 Å². The summed E-state index contributed by atoms with van der Waals surface area (Å²) in [7, 11) is 0. The number of halogens is 2. The van der Waals surface area contributed by atoms with Crippen molar-refractivity contribution in [3.05, 3.63) is 76.2 Å². The van der Waals surface area contributed by atoms with Crippen molar-refractivity contribution in [3.63, 3.8) is 0 Å². The number of nitrogens with one attached hydrogen (secondary N) is 1. The highest BCUT2D eigenvalue weighted by Crippen LogP contribution is 2.37. The van der Waals surface area contributed by atoms with Gasteiger partial charge < -0.3 is 15.0 Å². The molecule has 214 valence electrons. The van der Waals surface area contributed by atoms with Crippen LogP contribution < -0.4 is 5.32 Å². The van der Waals surface area contributed by atoms with Crippen LogP contribution in [-0.2, 0) is 17.2 Å². The number of aromatic nitrogens is 3. The Morgan fingerprint density at radius 1 is 1.12 bits per heavy atom. The number of pyridine rings is 1. The zero-order chi connectivity index (χ0) is 29.4. The summed E-state index contributed by atoms with van der Waals surface area (Å²) >= 11 is 0. The molecular formula is C31H33F2N5O3. The van der Waals surface area contributed by atoms with Crippen LogP contribution in [0.4, 0.5) is 19.4 Å². The summed E-state index contributed by atoms with van der Waals surface area (Å²) in [6.45, 7) is 9.02. The lowest BCUT2D eigenvalue weighted by atomic mass is 9.99. The maximum Gasteiger partial charge on any atom is 0.410 e. The standard InChI is InChI=1S/C31H33F2N5O3/c1-20-6-8-23(28(39)35-27-16-26-31(32,33)11-5-12-38(26)36-27)15-22(20)9-7-21-14-25(18-34-17-21)24-10-13-37(19-24)29(40)41-30(2,3)4/h6,8,14-18,24H,5,10-13,19H2,1-4H3,(H,35,36,39). The summed E-state index contributed by atoms with van der Waals surface area (Å²) in [6.07, 6.45) is 4.08. The quantitative estimate of drug-likeness (QED) is 0.406. The molecule has 8 nitrogen and oxygen atoms in total. The summed E-state index contributed by atoms with van der Waals surface area (Å²) in [5.41, 5.74) is 2.89. The van der Waals surface area contributed by atoms with E-state index in [1.54, 1.807) is 35.5 Å². The van der Waals surface area contributed by atoms with Crippen molar-refractivity contribution in [3.8, 4) is 11.8 Å². The zero-order valence-electron chi connectivity index (χ0n) is 23.6. The van der Waals surface area contributed by atoms with Crippen LogP contribution in [0.15, 0.2) is 42.7 Å². The number of amides is 2. The van der Waals surface area contributed by atoms with Crippen molar-refractivity contribution in [2.75, 3.05) is 18.4 Å². The summed E-state index contributed by atoms with van der Waals surface area (Å²) in [5.74, 6) is 3.10. The maximum absolute atomic E-state index is 14.2. The number of nitrogens with zero attached hydrogens (tertiary/aromatic N) is 4. The number of fused-ring (bicyclic) bond motifs is 1. The Morgan fingerprint density at radius 2 is 1.93 bits per heavy atom. The Kier molecular flexibility index (Phi) is 7.56. The van der Waals surface area contributed by atoms with Gasteiger partial charge in [0.15, 0.2) is 5.82 Å². The van der Waals surface area contributed by atoms with Gasteiger partial charge in [-0.15, -0.1) is 0 Å². The van der Waals surface area contributed by atoms with Gasteiger partial charge in [-0.2, -0.15) is 13.9 Å². The van der Waals surface area contributed by atoms with Crippen molar-refractivity contribution in [1.82, 2.24) is 19.7 Å². The van der Waals surface area contributed by atoms with E-state index in [0.29, 0.717) is 37.2 Å². The van der Waals surface area contributed by atoms with E-state index in [9.17, 15) is 18.4 Å². The lowest BCUT2D eigenvalue weighted by Gasteiger charge is -2.24. The second kappa shape index (κ2) is 11.0. The molecule has 1 saturated heterocycles. The first-order valence-corrected chi connectivity index (χ1v) is 13.7. The Bertz CT molecular complexity index is 1550. The molecule has 2 aromatic heterocycles. The van der Waals surface area contributed by atoms with Crippen LogP contribution in [0.2, 0.25) is 0 Å². The molecule has 1 fully saturated rings. The van der Waals surface area contributed by atoms with Gasteiger partial charge in [0.05, 0.1) is 0 Å². The largest absolute Gasteiger partial charge is 0.444 e. The lowest BCUT2D eigenvalue weighted by molar-refractivity contribution is -0.0364. The Hall–Kier alpha value is -4.26. The lowest BCUT2D eigenvalue weighted by Crippen LogP contribution is -2.35. The molecule has 2 amide bonds. The molecule has 1 aromatic carbocycles. The first-order valence-electron chi connectivity index (χ1n) is 13.7. The molecule has 2 aliphatic rings. The van der Waals surface area contributed by atoms with Crippen LogP contribution in [0, 0.1) is 18.8 Å². The summed E-state index contributed by atoms with van der Waals surface area (Å²) < 4.78 is 35.1. The first kappa shape index (κ1) is 28.3. The predicted molar refractivity (Wildman–Crippen MR) is 150 cm³/mol. The summed E-state index contributed by atoms with van der Waals surface area (Å²) in [5, 5.41) is 6.78. The number of carbonyl (C=O) groups excluding carboxylic acids is 2. The van der Waals surface area contributed by atoms with Crippen LogP contribution in [0.1, 0.15) is 84.3 Å². The molecule has 1 unspecified atom stereocenters. The third kappa shape index (κ3) is 6.56. The van der Waals surface area contributed by atoms with Crippen molar-refractivity contribution >= 4 is 17.8 Å². The predicted octanol–water partition coefficient (Wildman–Crippen LogP) is 5.85. The van der Waals surface area contributed by atoms with E-state index in [1.807, 2.05) is 33.8 Å². The maximum atomic E-state index is 14.2. The topological polar surface area (TPSA) is 89.4 Å². The van der Waals surface area contributed by atoms with Crippen LogP contribution in [0.5, 0.6) is 0 Å². The van der Waals surface area contributed by atoms with Crippen LogP contribution in [-0.4, -0.2) is 50.4 Å². The van der Waals surface area contributed by atoms with Gasteiger partial charge in [-0.3, -0.25) is 14.5 Å². The summed E-state index contributed by atoms with van der Waals surface area (Å²) in [4.78, 5) is 31.5. The average Bonchev–Trinajstić information content (AvgIpc) is 3.56. The molecule has 10 heteroatoms. The first-order chi connectivity index (χ1) is 19.4.